The minimum atomic E-state index is -0.285. The number of ether oxygens (including phenoxy) is 1. The number of nitrogens with zero attached hydrogens (tertiary/aromatic N) is 5. The number of benzene rings is 2. The zero-order valence-corrected chi connectivity index (χ0v) is 21.2. The highest BCUT2D eigenvalue weighted by atomic mass is 35.5. The summed E-state index contributed by atoms with van der Waals surface area (Å²) < 4.78 is 18.8. The molecule has 0 atom stereocenters. The number of nitrogens with one attached hydrogen (secondary N) is 2. The average molecular weight is 522 g/mol. The maximum Gasteiger partial charge on any atom is 0.232 e. The van der Waals surface area contributed by atoms with Crippen LogP contribution in [0.4, 0.5) is 27.7 Å². The van der Waals surface area contributed by atoms with Crippen molar-refractivity contribution in [2.24, 2.45) is 0 Å². The lowest BCUT2D eigenvalue weighted by Gasteiger charge is -2.27. The first-order chi connectivity index (χ1) is 18.1. The Morgan fingerprint density at radius 3 is 2.62 bits per heavy atom. The Balaban J connectivity index is 1.18. The van der Waals surface area contributed by atoms with E-state index in [2.05, 4.69) is 30.5 Å². The topological polar surface area (TPSA) is 88.1 Å². The molecule has 0 radical (unpaired) electrons. The Labute approximate surface area is 220 Å². The molecule has 8 nitrogen and oxygen atoms in total. The van der Waals surface area contributed by atoms with Crippen LogP contribution in [0.25, 0.3) is 10.9 Å². The molecule has 0 bridgehead atoms. The van der Waals surface area contributed by atoms with E-state index in [1.165, 1.54) is 12.1 Å². The summed E-state index contributed by atoms with van der Waals surface area (Å²) in [4.78, 5) is 20.5. The smallest absolute Gasteiger partial charge is 0.232 e. The monoisotopic (exact) mass is 521 g/mol. The van der Waals surface area contributed by atoms with E-state index < -0.39 is 0 Å². The molecule has 1 aliphatic rings. The molecule has 5 rings (SSSR count). The molecule has 0 aliphatic carbocycles. The highest BCUT2D eigenvalue weighted by molar-refractivity contribution is 6.31. The van der Waals surface area contributed by atoms with E-state index in [-0.39, 0.29) is 5.82 Å². The maximum absolute atomic E-state index is 13.3. The summed E-state index contributed by atoms with van der Waals surface area (Å²) in [5.41, 5.74) is 2.67. The fourth-order valence-corrected chi connectivity index (χ4v) is 4.39. The standard InChI is InChI=1S/C27H29ClFN7O/c28-19-5-10-22-23(11-13-31-24(22)18-19)30-12-3-1-2-4-25-33-26(32-21-8-6-20(29)7-9-21)35-27(34-25)36-14-16-37-17-15-36/h5-11,13,18H,1-4,12,14-17H2,(H,30,31)(H,32,33,34,35). The summed E-state index contributed by atoms with van der Waals surface area (Å²) in [6, 6.07) is 13.9. The number of hydrogen-bond donors (Lipinski definition) is 2. The van der Waals surface area contributed by atoms with Gasteiger partial charge in [0.25, 0.3) is 0 Å². The normalized spacial score (nSPS) is 13.6. The zero-order valence-electron chi connectivity index (χ0n) is 20.5. The molecule has 4 aromatic rings. The van der Waals surface area contributed by atoms with Crippen molar-refractivity contribution in [2.45, 2.75) is 25.7 Å². The summed E-state index contributed by atoms with van der Waals surface area (Å²) in [6.45, 7) is 3.63. The van der Waals surface area contributed by atoms with E-state index in [1.807, 2.05) is 24.3 Å². The third-order valence-electron chi connectivity index (χ3n) is 6.16. The lowest BCUT2D eigenvalue weighted by molar-refractivity contribution is 0.122. The van der Waals surface area contributed by atoms with Crippen LogP contribution in [0.5, 0.6) is 0 Å². The van der Waals surface area contributed by atoms with Crippen molar-refractivity contribution >= 4 is 45.8 Å². The summed E-state index contributed by atoms with van der Waals surface area (Å²) >= 11 is 6.09. The van der Waals surface area contributed by atoms with Crippen molar-refractivity contribution in [3.63, 3.8) is 0 Å². The van der Waals surface area contributed by atoms with Gasteiger partial charge in [-0.1, -0.05) is 18.0 Å². The molecule has 3 heterocycles. The number of unbranched alkanes of at least 4 members (excludes halogenated alkanes) is 2. The molecule has 0 saturated carbocycles. The molecule has 1 aliphatic heterocycles. The summed E-state index contributed by atoms with van der Waals surface area (Å²) in [6.07, 6.45) is 5.54. The molecular weight excluding hydrogens is 493 g/mol. The first kappa shape index (κ1) is 25.1. The Morgan fingerprint density at radius 1 is 0.946 bits per heavy atom. The highest BCUT2D eigenvalue weighted by Gasteiger charge is 2.17. The molecule has 0 amide bonds. The van der Waals surface area contributed by atoms with Crippen LogP contribution in [0, 0.1) is 5.82 Å². The zero-order chi connectivity index (χ0) is 25.5. The number of halogens is 2. The molecule has 1 fully saturated rings. The lowest BCUT2D eigenvalue weighted by atomic mass is 10.1. The van der Waals surface area contributed by atoms with Gasteiger partial charge in [-0.2, -0.15) is 15.0 Å². The minimum Gasteiger partial charge on any atom is -0.384 e. The predicted octanol–water partition coefficient (Wildman–Crippen LogP) is 5.62. The van der Waals surface area contributed by atoms with Crippen LogP contribution < -0.4 is 15.5 Å². The van der Waals surface area contributed by atoms with Gasteiger partial charge in [-0.3, -0.25) is 4.98 Å². The van der Waals surface area contributed by atoms with Crippen molar-refractivity contribution in [2.75, 3.05) is 48.4 Å². The van der Waals surface area contributed by atoms with Crippen molar-refractivity contribution < 1.29 is 9.13 Å². The van der Waals surface area contributed by atoms with E-state index in [4.69, 9.17) is 21.3 Å². The fraction of sp³-hybridized carbons (Fsp3) is 0.333. The fourth-order valence-electron chi connectivity index (χ4n) is 4.23. The third-order valence-corrected chi connectivity index (χ3v) is 6.40. The van der Waals surface area contributed by atoms with E-state index in [0.717, 1.165) is 73.4 Å². The number of morpholine rings is 1. The minimum absolute atomic E-state index is 0.285. The maximum atomic E-state index is 13.3. The summed E-state index contributed by atoms with van der Waals surface area (Å²) in [5.74, 6) is 1.56. The number of hydrogen-bond acceptors (Lipinski definition) is 8. The van der Waals surface area contributed by atoms with Crippen LogP contribution in [0.1, 0.15) is 25.1 Å². The second kappa shape index (κ2) is 12.1. The van der Waals surface area contributed by atoms with Crippen LogP contribution in [0.2, 0.25) is 5.02 Å². The van der Waals surface area contributed by atoms with E-state index >= 15 is 0 Å². The van der Waals surface area contributed by atoms with E-state index in [0.29, 0.717) is 30.1 Å². The van der Waals surface area contributed by atoms with Crippen molar-refractivity contribution in [3.8, 4) is 0 Å². The number of fused-ring (bicyclic) bond motifs is 1. The quantitative estimate of drug-likeness (QED) is 0.260. The number of anilines is 4. The van der Waals surface area contributed by atoms with Gasteiger partial charge in [0.05, 0.1) is 18.7 Å². The Hall–Kier alpha value is -3.56. The van der Waals surface area contributed by atoms with Gasteiger partial charge in [0.1, 0.15) is 11.6 Å². The van der Waals surface area contributed by atoms with Gasteiger partial charge in [-0.05, 0) is 61.4 Å². The van der Waals surface area contributed by atoms with E-state index in [1.54, 1.807) is 18.3 Å². The van der Waals surface area contributed by atoms with Crippen LogP contribution in [-0.2, 0) is 11.2 Å². The molecule has 2 aromatic carbocycles. The van der Waals surface area contributed by atoms with Crippen molar-refractivity contribution in [1.82, 2.24) is 19.9 Å². The molecule has 0 unspecified atom stereocenters. The van der Waals surface area contributed by atoms with Crippen molar-refractivity contribution in [1.29, 1.82) is 0 Å². The number of aromatic nitrogens is 4. The van der Waals surface area contributed by atoms with Crippen LogP contribution in [0.15, 0.2) is 54.7 Å². The Bertz CT molecular complexity index is 1330. The molecule has 2 N–H and O–H groups in total. The molecule has 10 heteroatoms. The number of pyridine rings is 1. The van der Waals surface area contributed by atoms with Gasteiger partial charge in [0, 0.05) is 54.0 Å². The second-order valence-corrected chi connectivity index (χ2v) is 9.30. The average Bonchev–Trinajstić information content (AvgIpc) is 2.92. The third kappa shape index (κ3) is 6.81. The largest absolute Gasteiger partial charge is 0.384 e. The molecule has 1 saturated heterocycles. The van der Waals surface area contributed by atoms with Gasteiger partial charge in [0.15, 0.2) is 0 Å². The lowest BCUT2D eigenvalue weighted by Crippen LogP contribution is -2.37. The van der Waals surface area contributed by atoms with Crippen LogP contribution >= 0.6 is 11.6 Å². The predicted molar refractivity (Wildman–Crippen MR) is 145 cm³/mol. The number of aryl methyl sites for hydroxylation is 1. The molecule has 0 spiro atoms. The number of rotatable bonds is 10. The molecule has 192 valence electrons. The van der Waals surface area contributed by atoms with Gasteiger partial charge in [0.2, 0.25) is 11.9 Å². The molecule has 37 heavy (non-hydrogen) atoms. The van der Waals surface area contributed by atoms with Gasteiger partial charge >= 0.3 is 0 Å². The first-order valence-corrected chi connectivity index (χ1v) is 12.9. The summed E-state index contributed by atoms with van der Waals surface area (Å²) in [7, 11) is 0. The van der Waals surface area contributed by atoms with Crippen molar-refractivity contribution in [3.05, 3.63) is 71.4 Å². The highest BCUT2D eigenvalue weighted by Crippen LogP contribution is 2.24. The van der Waals surface area contributed by atoms with Gasteiger partial charge in [-0.15, -0.1) is 0 Å². The SMILES string of the molecule is Fc1ccc(Nc2nc(CCCCCNc3ccnc4cc(Cl)ccc34)nc(N3CCOCC3)n2)cc1. The molecule has 2 aromatic heterocycles. The van der Waals surface area contributed by atoms with Gasteiger partial charge < -0.3 is 20.3 Å². The van der Waals surface area contributed by atoms with Crippen LogP contribution in [0.3, 0.4) is 0 Å². The Morgan fingerprint density at radius 2 is 1.78 bits per heavy atom. The Kier molecular flexibility index (Phi) is 8.22. The van der Waals surface area contributed by atoms with E-state index in [9.17, 15) is 4.39 Å². The van der Waals surface area contributed by atoms with Crippen LogP contribution in [-0.4, -0.2) is 52.8 Å². The second-order valence-electron chi connectivity index (χ2n) is 8.86. The molecular formula is C27H29ClFN7O. The first-order valence-electron chi connectivity index (χ1n) is 12.5. The van der Waals surface area contributed by atoms with Gasteiger partial charge in [-0.25, -0.2) is 4.39 Å². The summed E-state index contributed by atoms with van der Waals surface area (Å²) in [5, 5.41) is 8.45.